The number of carboxylic acid groups (broad SMARTS) is 1. The maximum Gasteiger partial charge on any atom is 0.352 e. The molecule has 1 N–H and O–H groups in total. The van der Waals surface area contributed by atoms with Crippen molar-refractivity contribution in [1.29, 1.82) is 5.26 Å². The van der Waals surface area contributed by atoms with E-state index in [4.69, 9.17) is 5.26 Å². The van der Waals surface area contributed by atoms with E-state index in [9.17, 15) is 14.3 Å². The molecule has 0 atom stereocenters. The molecule has 0 unspecified atom stereocenters. The molecule has 2 aromatic carbocycles. The minimum absolute atomic E-state index is 0.0861. The summed E-state index contributed by atoms with van der Waals surface area (Å²) >= 11 is 0. The van der Waals surface area contributed by atoms with Crippen LogP contribution in [0.2, 0.25) is 0 Å². The molecule has 0 bridgehead atoms. The topological polar surface area (TPSA) is 66.0 Å². The molecular weight excluding hydrogens is 283 g/mol. The van der Waals surface area contributed by atoms with Gasteiger partial charge in [0.05, 0.1) is 11.6 Å². The third-order valence-corrected chi connectivity index (χ3v) is 3.48. The van der Waals surface area contributed by atoms with Gasteiger partial charge in [0.1, 0.15) is 11.5 Å². The molecule has 108 valence electrons. The predicted molar refractivity (Wildman–Crippen MR) is 79.1 cm³/mol. The lowest BCUT2D eigenvalue weighted by Crippen LogP contribution is -2.09. The van der Waals surface area contributed by atoms with Gasteiger partial charge in [-0.3, -0.25) is 0 Å². The number of halogens is 1. The van der Waals surface area contributed by atoms with Gasteiger partial charge in [-0.1, -0.05) is 12.1 Å². The highest BCUT2D eigenvalue weighted by atomic mass is 19.1. The first-order valence-corrected chi connectivity index (χ1v) is 6.59. The van der Waals surface area contributed by atoms with Gasteiger partial charge in [-0.2, -0.15) is 5.26 Å². The summed E-state index contributed by atoms with van der Waals surface area (Å²) in [6.45, 7) is 0.298. The highest BCUT2D eigenvalue weighted by Crippen LogP contribution is 2.23. The van der Waals surface area contributed by atoms with Gasteiger partial charge in [0.2, 0.25) is 0 Å². The Kier molecular flexibility index (Phi) is 3.36. The smallest absolute Gasteiger partial charge is 0.352 e. The summed E-state index contributed by atoms with van der Waals surface area (Å²) in [4.78, 5) is 11.4. The van der Waals surface area contributed by atoms with E-state index in [0.717, 1.165) is 5.56 Å². The number of nitriles is 1. The molecule has 0 radical (unpaired) electrons. The number of benzene rings is 2. The van der Waals surface area contributed by atoms with E-state index in [1.54, 1.807) is 28.8 Å². The Balaban J connectivity index is 2.14. The maximum absolute atomic E-state index is 13.3. The number of hydrogen-bond acceptors (Lipinski definition) is 2. The summed E-state index contributed by atoms with van der Waals surface area (Å²) in [6.07, 6.45) is 0. The molecule has 0 aliphatic rings. The van der Waals surface area contributed by atoms with Gasteiger partial charge in [-0.15, -0.1) is 0 Å². The van der Waals surface area contributed by atoms with Crippen LogP contribution >= 0.6 is 0 Å². The summed E-state index contributed by atoms with van der Waals surface area (Å²) in [5.41, 5.74) is 2.05. The Morgan fingerprint density at radius 2 is 2.05 bits per heavy atom. The molecule has 1 heterocycles. The predicted octanol–water partition coefficient (Wildman–Crippen LogP) is 3.40. The Morgan fingerprint density at radius 3 is 2.77 bits per heavy atom. The zero-order valence-corrected chi connectivity index (χ0v) is 11.5. The van der Waals surface area contributed by atoms with Gasteiger partial charge in [-0.05, 0) is 42.0 Å². The number of carbonyl (C=O) groups is 1. The van der Waals surface area contributed by atoms with Crippen LogP contribution in [0.4, 0.5) is 4.39 Å². The Morgan fingerprint density at radius 1 is 1.23 bits per heavy atom. The summed E-state index contributed by atoms with van der Waals surface area (Å²) in [5, 5.41) is 18.8. The molecule has 0 amide bonds. The highest BCUT2D eigenvalue weighted by Gasteiger charge is 2.15. The average molecular weight is 294 g/mol. The number of fused-ring (bicyclic) bond motifs is 1. The third-order valence-electron chi connectivity index (χ3n) is 3.48. The van der Waals surface area contributed by atoms with Crippen molar-refractivity contribution in [3.8, 4) is 6.07 Å². The minimum Gasteiger partial charge on any atom is -0.477 e. The lowest BCUT2D eigenvalue weighted by atomic mass is 10.1. The number of nitrogens with zero attached hydrogens (tertiary/aromatic N) is 2. The number of carboxylic acids is 1. The number of hydrogen-bond donors (Lipinski definition) is 1. The van der Waals surface area contributed by atoms with Crippen LogP contribution in [0, 0.1) is 17.1 Å². The zero-order chi connectivity index (χ0) is 15.7. The summed E-state index contributed by atoms with van der Waals surface area (Å²) in [6, 6.07) is 14.6. The van der Waals surface area contributed by atoms with Crippen molar-refractivity contribution in [2.24, 2.45) is 0 Å². The molecule has 0 saturated heterocycles. The largest absolute Gasteiger partial charge is 0.477 e. The van der Waals surface area contributed by atoms with Crippen molar-refractivity contribution >= 4 is 16.9 Å². The first kappa shape index (κ1) is 13.8. The minimum atomic E-state index is -1.08. The van der Waals surface area contributed by atoms with E-state index in [-0.39, 0.29) is 5.69 Å². The number of aromatic carboxylic acids is 1. The molecule has 5 heteroatoms. The van der Waals surface area contributed by atoms with Crippen molar-refractivity contribution in [3.63, 3.8) is 0 Å². The molecule has 0 aliphatic heterocycles. The van der Waals surface area contributed by atoms with E-state index in [1.807, 2.05) is 6.07 Å². The average Bonchev–Trinajstić information content (AvgIpc) is 2.85. The molecule has 1 aromatic heterocycles. The first-order valence-electron chi connectivity index (χ1n) is 6.59. The maximum atomic E-state index is 13.3. The van der Waals surface area contributed by atoms with Crippen molar-refractivity contribution in [3.05, 3.63) is 71.2 Å². The van der Waals surface area contributed by atoms with E-state index in [1.165, 1.54) is 18.2 Å². The fourth-order valence-corrected chi connectivity index (χ4v) is 2.51. The van der Waals surface area contributed by atoms with Crippen LogP contribution in [0.1, 0.15) is 21.6 Å². The monoisotopic (exact) mass is 294 g/mol. The van der Waals surface area contributed by atoms with Crippen molar-refractivity contribution < 1.29 is 14.3 Å². The number of aromatic nitrogens is 1. The van der Waals surface area contributed by atoms with Gasteiger partial charge < -0.3 is 9.67 Å². The van der Waals surface area contributed by atoms with Crippen LogP contribution in [0.25, 0.3) is 10.9 Å². The molecule has 4 nitrogen and oxygen atoms in total. The van der Waals surface area contributed by atoms with Crippen LogP contribution in [-0.2, 0) is 6.54 Å². The second kappa shape index (κ2) is 5.34. The van der Waals surface area contributed by atoms with Gasteiger partial charge in [0.25, 0.3) is 0 Å². The first-order chi connectivity index (χ1) is 10.6. The summed E-state index contributed by atoms with van der Waals surface area (Å²) in [5.74, 6) is -1.49. The Bertz CT molecular complexity index is 922. The van der Waals surface area contributed by atoms with Crippen LogP contribution < -0.4 is 0 Å². The lowest BCUT2D eigenvalue weighted by molar-refractivity contribution is 0.0686. The van der Waals surface area contributed by atoms with Gasteiger partial charge in [-0.25, -0.2) is 9.18 Å². The van der Waals surface area contributed by atoms with Crippen LogP contribution in [0.3, 0.4) is 0 Å². The van der Waals surface area contributed by atoms with Gasteiger partial charge in [0, 0.05) is 17.4 Å². The fraction of sp³-hybridized carbons (Fsp3) is 0.0588. The molecule has 0 spiro atoms. The molecule has 3 rings (SSSR count). The quantitative estimate of drug-likeness (QED) is 0.805. The molecule has 0 saturated carbocycles. The van der Waals surface area contributed by atoms with E-state index < -0.39 is 11.8 Å². The van der Waals surface area contributed by atoms with Crippen LogP contribution in [-0.4, -0.2) is 15.6 Å². The Hall–Kier alpha value is -3.13. The SMILES string of the molecule is N#Cc1cccc(Cn2c(C(=O)O)cc3cc(F)ccc32)c1. The van der Waals surface area contributed by atoms with Gasteiger partial charge >= 0.3 is 5.97 Å². The molecule has 3 aromatic rings. The highest BCUT2D eigenvalue weighted by molar-refractivity contribution is 5.94. The van der Waals surface area contributed by atoms with E-state index in [0.29, 0.717) is 23.0 Å². The van der Waals surface area contributed by atoms with Gasteiger partial charge in [0.15, 0.2) is 0 Å². The van der Waals surface area contributed by atoms with Crippen molar-refractivity contribution in [2.45, 2.75) is 6.54 Å². The second-order valence-corrected chi connectivity index (χ2v) is 4.94. The molecular formula is C17H11FN2O2. The number of rotatable bonds is 3. The summed E-state index contributed by atoms with van der Waals surface area (Å²) < 4.78 is 14.9. The lowest BCUT2D eigenvalue weighted by Gasteiger charge is -2.09. The van der Waals surface area contributed by atoms with Crippen molar-refractivity contribution in [2.75, 3.05) is 0 Å². The zero-order valence-electron chi connectivity index (χ0n) is 11.5. The Labute approximate surface area is 125 Å². The van der Waals surface area contributed by atoms with Crippen LogP contribution in [0.15, 0.2) is 48.5 Å². The summed E-state index contributed by atoms with van der Waals surface area (Å²) in [7, 11) is 0. The van der Waals surface area contributed by atoms with E-state index in [2.05, 4.69) is 6.07 Å². The molecule has 0 aliphatic carbocycles. The molecule has 22 heavy (non-hydrogen) atoms. The normalized spacial score (nSPS) is 10.5. The second-order valence-electron chi connectivity index (χ2n) is 4.94. The molecule has 0 fully saturated rings. The third kappa shape index (κ3) is 2.42. The standard InChI is InChI=1S/C17H11FN2O2/c18-14-4-5-15-13(7-14)8-16(17(21)22)20(15)10-12-3-1-2-11(6-12)9-19/h1-8H,10H2,(H,21,22). The van der Waals surface area contributed by atoms with Crippen LogP contribution in [0.5, 0.6) is 0 Å². The fourth-order valence-electron chi connectivity index (χ4n) is 2.51. The van der Waals surface area contributed by atoms with Crippen molar-refractivity contribution in [1.82, 2.24) is 4.57 Å². The van der Waals surface area contributed by atoms with E-state index >= 15 is 0 Å².